The Hall–Kier alpha value is -0.850. The molecule has 0 aliphatic carbocycles. The molecule has 1 rings (SSSR count). The van der Waals surface area contributed by atoms with Crippen LogP contribution in [0.15, 0.2) is 12.3 Å². The highest BCUT2D eigenvalue weighted by Gasteiger charge is 2.03. The second-order valence-corrected chi connectivity index (χ2v) is 3.94. The summed E-state index contributed by atoms with van der Waals surface area (Å²) in [5.74, 6) is 0.585. The zero-order valence-corrected chi connectivity index (χ0v) is 11.1. The van der Waals surface area contributed by atoms with E-state index in [1.54, 1.807) is 0 Å². The first-order valence-corrected chi connectivity index (χ1v) is 6.10. The molecule has 0 aromatic carbocycles. The zero-order chi connectivity index (χ0) is 11.8. The molecule has 0 N–H and O–H groups in total. The maximum absolute atomic E-state index is 4.49. The van der Waals surface area contributed by atoms with Crippen LogP contribution in [0.3, 0.4) is 0 Å². The highest BCUT2D eigenvalue weighted by molar-refractivity contribution is 5.25. The van der Waals surface area contributed by atoms with Gasteiger partial charge in [0.15, 0.2) is 0 Å². The van der Waals surface area contributed by atoms with Gasteiger partial charge < -0.3 is 0 Å². The third-order valence-corrected chi connectivity index (χ3v) is 2.36. The number of rotatable bonds is 3. The van der Waals surface area contributed by atoms with Crippen molar-refractivity contribution in [1.82, 2.24) is 4.98 Å². The van der Waals surface area contributed by atoms with E-state index < -0.39 is 0 Å². The molecule has 1 nitrogen and oxygen atoms in total. The van der Waals surface area contributed by atoms with Crippen LogP contribution < -0.4 is 0 Å². The van der Waals surface area contributed by atoms with Crippen LogP contribution in [0, 0.1) is 6.92 Å². The van der Waals surface area contributed by atoms with Gasteiger partial charge in [-0.1, -0.05) is 47.1 Å². The van der Waals surface area contributed by atoms with Crippen LogP contribution in [0.4, 0.5) is 0 Å². The molecule has 0 radical (unpaired) electrons. The van der Waals surface area contributed by atoms with Gasteiger partial charge in [-0.2, -0.15) is 0 Å². The van der Waals surface area contributed by atoms with Gasteiger partial charge in [-0.25, -0.2) is 0 Å². The molecule has 0 saturated carbocycles. The molecule has 0 amide bonds. The summed E-state index contributed by atoms with van der Waals surface area (Å²) in [5.41, 5.74) is 3.94. The fourth-order valence-corrected chi connectivity index (χ4v) is 1.44. The smallest absolute Gasteiger partial charge is 0.0432 e. The van der Waals surface area contributed by atoms with Crippen LogP contribution >= 0.6 is 0 Å². The van der Waals surface area contributed by atoms with Crippen LogP contribution in [-0.2, 0) is 6.42 Å². The Kier molecular flexibility index (Phi) is 7.02. The standard InChI is InChI=1S/C12H19N.C2H6/c1-5-6-12-10(4)7-11(8-13-12)9(2)3;1-2/h7-9H,5-6H2,1-4H3;1-2H3. The third-order valence-electron chi connectivity index (χ3n) is 2.36. The topological polar surface area (TPSA) is 12.9 Å². The van der Waals surface area contributed by atoms with Gasteiger partial charge >= 0.3 is 0 Å². The van der Waals surface area contributed by atoms with E-state index in [1.165, 1.54) is 23.2 Å². The minimum atomic E-state index is 0.585. The maximum Gasteiger partial charge on any atom is 0.0432 e. The van der Waals surface area contributed by atoms with Gasteiger partial charge in [0.1, 0.15) is 0 Å². The predicted molar refractivity (Wildman–Crippen MR) is 68.4 cm³/mol. The number of pyridine rings is 1. The monoisotopic (exact) mass is 207 g/mol. The molecule has 0 saturated heterocycles. The van der Waals surface area contributed by atoms with Crippen molar-refractivity contribution >= 4 is 0 Å². The van der Waals surface area contributed by atoms with Crippen LogP contribution in [0.5, 0.6) is 0 Å². The van der Waals surface area contributed by atoms with E-state index in [0.717, 1.165) is 6.42 Å². The van der Waals surface area contributed by atoms with Crippen molar-refractivity contribution in [3.05, 3.63) is 29.1 Å². The Labute approximate surface area is 94.9 Å². The van der Waals surface area contributed by atoms with Gasteiger partial charge in [0.05, 0.1) is 0 Å². The lowest BCUT2D eigenvalue weighted by Gasteiger charge is -2.08. The first-order valence-electron chi connectivity index (χ1n) is 6.10. The molecule has 0 spiro atoms. The van der Waals surface area contributed by atoms with Crippen molar-refractivity contribution in [3.8, 4) is 0 Å². The summed E-state index contributed by atoms with van der Waals surface area (Å²) in [6.07, 6.45) is 4.29. The number of aromatic nitrogens is 1. The average Bonchev–Trinajstić information content (AvgIpc) is 2.24. The second-order valence-electron chi connectivity index (χ2n) is 3.94. The van der Waals surface area contributed by atoms with Crippen LogP contribution in [0.25, 0.3) is 0 Å². The van der Waals surface area contributed by atoms with Crippen LogP contribution in [0.2, 0.25) is 0 Å². The SMILES string of the molecule is CC.CCCc1ncc(C(C)C)cc1C. The van der Waals surface area contributed by atoms with Gasteiger partial charge in [0.2, 0.25) is 0 Å². The summed E-state index contributed by atoms with van der Waals surface area (Å²) in [6.45, 7) is 12.8. The molecular weight excluding hydrogens is 182 g/mol. The quantitative estimate of drug-likeness (QED) is 0.711. The van der Waals surface area contributed by atoms with E-state index >= 15 is 0 Å². The predicted octanol–water partition coefficient (Wildman–Crippen LogP) is 4.49. The summed E-state index contributed by atoms with van der Waals surface area (Å²) in [6, 6.07) is 2.27. The molecule has 1 heteroatoms. The zero-order valence-electron chi connectivity index (χ0n) is 11.1. The van der Waals surface area contributed by atoms with E-state index in [4.69, 9.17) is 0 Å². The summed E-state index contributed by atoms with van der Waals surface area (Å²) in [4.78, 5) is 4.49. The maximum atomic E-state index is 4.49. The molecule has 0 atom stereocenters. The number of nitrogens with zero attached hydrogens (tertiary/aromatic N) is 1. The molecule has 0 aliphatic heterocycles. The first kappa shape index (κ1) is 14.2. The van der Waals surface area contributed by atoms with Crippen molar-refractivity contribution in [2.24, 2.45) is 0 Å². The minimum Gasteiger partial charge on any atom is -0.261 e. The van der Waals surface area contributed by atoms with E-state index in [9.17, 15) is 0 Å². The molecule has 0 aliphatic rings. The molecule has 1 aromatic heterocycles. The number of hydrogen-bond acceptors (Lipinski definition) is 1. The summed E-state index contributed by atoms with van der Waals surface area (Å²) in [5, 5.41) is 0. The summed E-state index contributed by atoms with van der Waals surface area (Å²) < 4.78 is 0. The lowest BCUT2D eigenvalue weighted by molar-refractivity contribution is 0.827. The minimum absolute atomic E-state index is 0.585. The largest absolute Gasteiger partial charge is 0.261 e. The fraction of sp³-hybridized carbons (Fsp3) is 0.643. The lowest BCUT2D eigenvalue weighted by atomic mass is 10.0. The number of hydrogen-bond donors (Lipinski definition) is 0. The van der Waals surface area contributed by atoms with E-state index in [1.807, 2.05) is 20.0 Å². The Morgan fingerprint density at radius 3 is 2.27 bits per heavy atom. The van der Waals surface area contributed by atoms with E-state index in [-0.39, 0.29) is 0 Å². The van der Waals surface area contributed by atoms with Gasteiger partial charge in [-0.15, -0.1) is 0 Å². The Morgan fingerprint density at radius 1 is 1.27 bits per heavy atom. The molecule has 1 aromatic rings. The fourth-order valence-electron chi connectivity index (χ4n) is 1.44. The van der Waals surface area contributed by atoms with Gasteiger partial charge in [-0.05, 0) is 30.4 Å². The van der Waals surface area contributed by atoms with Crippen molar-refractivity contribution in [2.45, 2.75) is 60.3 Å². The van der Waals surface area contributed by atoms with Crippen molar-refractivity contribution in [1.29, 1.82) is 0 Å². The van der Waals surface area contributed by atoms with Crippen LogP contribution in [-0.4, -0.2) is 4.98 Å². The molecule has 1 heterocycles. The second kappa shape index (κ2) is 7.44. The molecule has 0 bridgehead atoms. The Morgan fingerprint density at radius 2 is 1.87 bits per heavy atom. The molecule has 0 fully saturated rings. The molecular formula is C14H25N. The third kappa shape index (κ3) is 4.46. The lowest BCUT2D eigenvalue weighted by Crippen LogP contribution is -1.97. The van der Waals surface area contributed by atoms with E-state index in [0.29, 0.717) is 5.92 Å². The van der Waals surface area contributed by atoms with Gasteiger partial charge in [-0.3, -0.25) is 4.98 Å². The molecule has 0 unspecified atom stereocenters. The Balaban J connectivity index is 0.000000921. The van der Waals surface area contributed by atoms with Crippen molar-refractivity contribution in [2.75, 3.05) is 0 Å². The molecule has 15 heavy (non-hydrogen) atoms. The van der Waals surface area contributed by atoms with E-state index in [2.05, 4.69) is 38.7 Å². The van der Waals surface area contributed by atoms with Crippen LogP contribution in [0.1, 0.15) is 63.8 Å². The van der Waals surface area contributed by atoms with Gasteiger partial charge in [0.25, 0.3) is 0 Å². The highest BCUT2D eigenvalue weighted by Crippen LogP contribution is 2.16. The van der Waals surface area contributed by atoms with Gasteiger partial charge in [0, 0.05) is 11.9 Å². The summed E-state index contributed by atoms with van der Waals surface area (Å²) in [7, 11) is 0. The normalized spacial score (nSPS) is 9.80. The number of aryl methyl sites for hydroxylation is 2. The molecule has 86 valence electrons. The van der Waals surface area contributed by atoms with Crippen molar-refractivity contribution in [3.63, 3.8) is 0 Å². The van der Waals surface area contributed by atoms with Crippen molar-refractivity contribution < 1.29 is 0 Å². The first-order chi connectivity index (χ1) is 7.15. The average molecular weight is 207 g/mol. The Bertz CT molecular complexity index is 277. The highest BCUT2D eigenvalue weighted by atomic mass is 14.7. The summed E-state index contributed by atoms with van der Waals surface area (Å²) >= 11 is 0.